The van der Waals surface area contributed by atoms with Crippen LogP contribution in [0.1, 0.15) is 37.8 Å². The zero-order valence-corrected chi connectivity index (χ0v) is 17.6. The zero-order chi connectivity index (χ0) is 17.2. The van der Waals surface area contributed by atoms with Crippen LogP contribution in [0.5, 0.6) is 0 Å². The van der Waals surface area contributed by atoms with Crippen molar-refractivity contribution < 1.29 is 0 Å². The molecule has 6 heteroatoms. The lowest BCUT2D eigenvalue weighted by atomic mass is 10.2. The molecule has 1 rings (SSSR count). The van der Waals surface area contributed by atoms with Crippen LogP contribution < -0.4 is 0 Å². The van der Waals surface area contributed by atoms with Crippen molar-refractivity contribution in [1.82, 2.24) is 9.80 Å². The van der Waals surface area contributed by atoms with Gasteiger partial charge in [0.1, 0.15) is 8.64 Å². The van der Waals surface area contributed by atoms with Crippen molar-refractivity contribution in [3.8, 4) is 0 Å². The van der Waals surface area contributed by atoms with Crippen molar-refractivity contribution in [2.75, 3.05) is 26.2 Å². The first-order chi connectivity index (χ1) is 11.1. The molecule has 0 N–H and O–H groups in total. The van der Waals surface area contributed by atoms with Crippen molar-refractivity contribution in [2.24, 2.45) is 0 Å². The highest BCUT2D eigenvalue weighted by Gasteiger charge is 2.21. The van der Waals surface area contributed by atoms with E-state index in [1.165, 1.54) is 5.56 Å². The molecule has 0 aromatic heterocycles. The van der Waals surface area contributed by atoms with E-state index in [2.05, 4.69) is 61.8 Å². The molecule has 0 aliphatic carbocycles. The third-order valence-electron chi connectivity index (χ3n) is 3.53. The summed E-state index contributed by atoms with van der Waals surface area (Å²) in [6.07, 6.45) is 0. The lowest BCUT2D eigenvalue weighted by Crippen LogP contribution is -2.29. The summed E-state index contributed by atoms with van der Waals surface area (Å²) < 4.78 is 2.08. The van der Waals surface area contributed by atoms with Crippen LogP contribution >= 0.6 is 48.0 Å². The maximum atomic E-state index is 5.64. The number of nitrogens with zero attached hydrogens (tertiary/aromatic N) is 2. The van der Waals surface area contributed by atoms with E-state index in [0.29, 0.717) is 0 Å². The predicted molar refractivity (Wildman–Crippen MR) is 115 cm³/mol. The fourth-order valence-corrected chi connectivity index (χ4v) is 6.03. The van der Waals surface area contributed by atoms with Gasteiger partial charge in [-0.25, -0.2) is 0 Å². The average molecular weight is 387 g/mol. The molecular weight excluding hydrogens is 360 g/mol. The SMILES string of the molecule is CCN(CC)C(=S)SC(SC(=S)N(CC)CC)c1ccccc1. The van der Waals surface area contributed by atoms with E-state index in [4.69, 9.17) is 24.4 Å². The Kier molecular flexibility index (Phi) is 10.2. The summed E-state index contributed by atoms with van der Waals surface area (Å²) in [5, 5.41) is 0. The highest BCUT2D eigenvalue weighted by molar-refractivity contribution is 8.35. The largest absolute Gasteiger partial charge is 0.358 e. The molecule has 0 radical (unpaired) electrons. The molecule has 128 valence electrons. The molecule has 0 saturated heterocycles. The van der Waals surface area contributed by atoms with Crippen LogP contribution in [0.4, 0.5) is 0 Å². The quantitative estimate of drug-likeness (QED) is 0.453. The first-order valence-corrected chi connectivity index (χ1v) is 10.6. The molecule has 0 saturated carbocycles. The van der Waals surface area contributed by atoms with Crippen LogP contribution in [0, 0.1) is 0 Å². The lowest BCUT2D eigenvalue weighted by molar-refractivity contribution is 0.482. The molecule has 0 aliphatic heterocycles. The van der Waals surface area contributed by atoms with Crippen molar-refractivity contribution >= 4 is 56.6 Å². The van der Waals surface area contributed by atoms with Gasteiger partial charge in [0.05, 0.1) is 4.58 Å². The molecule has 0 atom stereocenters. The van der Waals surface area contributed by atoms with Gasteiger partial charge in [-0.2, -0.15) is 0 Å². The Labute approximate surface area is 160 Å². The Morgan fingerprint density at radius 2 is 1.22 bits per heavy atom. The fourth-order valence-electron chi connectivity index (χ4n) is 2.07. The smallest absolute Gasteiger partial charge is 0.137 e. The highest BCUT2D eigenvalue weighted by atomic mass is 32.2. The molecule has 1 aromatic rings. The number of thiocarbonyl (C=S) groups is 2. The van der Waals surface area contributed by atoms with Gasteiger partial charge in [0, 0.05) is 26.2 Å². The number of benzene rings is 1. The van der Waals surface area contributed by atoms with Gasteiger partial charge in [0.25, 0.3) is 0 Å². The van der Waals surface area contributed by atoms with Crippen LogP contribution in [0.15, 0.2) is 30.3 Å². The molecule has 0 amide bonds. The standard InChI is InChI=1S/C17H26N2S4/c1-5-18(6-2)16(20)22-15(14-12-10-9-11-13-14)23-17(21)19(7-3)8-4/h9-13,15H,5-8H2,1-4H3. The molecular formula is C17H26N2S4. The maximum absolute atomic E-state index is 5.64. The summed E-state index contributed by atoms with van der Waals surface area (Å²) in [6, 6.07) is 10.5. The lowest BCUT2D eigenvalue weighted by Gasteiger charge is -2.27. The van der Waals surface area contributed by atoms with E-state index in [1.54, 1.807) is 23.5 Å². The summed E-state index contributed by atoms with van der Waals surface area (Å²) in [5.74, 6) is 0. The maximum Gasteiger partial charge on any atom is 0.137 e. The first-order valence-electron chi connectivity index (χ1n) is 8.03. The Bertz CT molecular complexity index is 459. The van der Waals surface area contributed by atoms with Gasteiger partial charge in [-0.15, -0.1) is 0 Å². The summed E-state index contributed by atoms with van der Waals surface area (Å²) in [7, 11) is 0. The second-order valence-corrected chi connectivity index (χ2v) is 8.63. The second-order valence-electron chi connectivity index (χ2n) is 4.85. The molecule has 1 aromatic carbocycles. The second kappa shape index (κ2) is 11.3. The number of hydrogen-bond donors (Lipinski definition) is 0. The van der Waals surface area contributed by atoms with Gasteiger partial charge in [-0.3, -0.25) is 0 Å². The third kappa shape index (κ3) is 6.61. The number of rotatable bonds is 7. The molecule has 23 heavy (non-hydrogen) atoms. The monoisotopic (exact) mass is 386 g/mol. The van der Waals surface area contributed by atoms with E-state index in [9.17, 15) is 0 Å². The van der Waals surface area contributed by atoms with Crippen molar-refractivity contribution in [3.63, 3.8) is 0 Å². The third-order valence-corrected chi connectivity index (χ3v) is 7.09. The summed E-state index contributed by atoms with van der Waals surface area (Å²) >= 11 is 14.7. The van der Waals surface area contributed by atoms with Crippen molar-refractivity contribution in [2.45, 2.75) is 32.3 Å². The van der Waals surface area contributed by atoms with E-state index < -0.39 is 0 Å². The van der Waals surface area contributed by atoms with Gasteiger partial charge < -0.3 is 9.80 Å². The normalized spacial score (nSPS) is 10.7. The minimum atomic E-state index is 0.192. The van der Waals surface area contributed by atoms with Crippen LogP contribution in [0.25, 0.3) is 0 Å². The number of hydrogen-bond acceptors (Lipinski definition) is 4. The summed E-state index contributed by atoms with van der Waals surface area (Å²) in [4.78, 5) is 4.44. The highest BCUT2D eigenvalue weighted by Crippen LogP contribution is 2.42. The van der Waals surface area contributed by atoms with E-state index >= 15 is 0 Å². The molecule has 0 heterocycles. The zero-order valence-electron chi connectivity index (χ0n) is 14.3. The minimum absolute atomic E-state index is 0.192. The summed E-state index contributed by atoms with van der Waals surface area (Å²) in [6.45, 7) is 12.3. The average Bonchev–Trinajstić information content (AvgIpc) is 2.57. The molecule has 0 unspecified atom stereocenters. The van der Waals surface area contributed by atoms with Crippen LogP contribution in [0.2, 0.25) is 0 Å². The van der Waals surface area contributed by atoms with Gasteiger partial charge in [0.15, 0.2) is 0 Å². The van der Waals surface area contributed by atoms with Gasteiger partial charge in [0.2, 0.25) is 0 Å². The Morgan fingerprint density at radius 3 is 1.57 bits per heavy atom. The Hall–Kier alpha value is -0.300. The Balaban J connectivity index is 2.90. The van der Waals surface area contributed by atoms with Crippen LogP contribution in [-0.2, 0) is 0 Å². The topological polar surface area (TPSA) is 6.48 Å². The van der Waals surface area contributed by atoms with Crippen LogP contribution in [0.3, 0.4) is 0 Å². The van der Waals surface area contributed by atoms with Crippen LogP contribution in [-0.4, -0.2) is 44.6 Å². The van der Waals surface area contributed by atoms with Gasteiger partial charge >= 0.3 is 0 Å². The molecule has 2 nitrogen and oxygen atoms in total. The Morgan fingerprint density at radius 1 is 0.826 bits per heavy atom. The predicted octanol–water partition coefficient (Wildman–Crippen LogP) is 5.41. The van der Waals surface area contributed by atoms with E-state index in [0.717, 1.165) is 34.8 Å². The minimum Gasteiger partial charge on any atom is -0.358 e. The summed E-state index contributed by atoms with van der Waals surface area (Å²) in [5.41, 5.74) is 1.26. The molecule has 0 spiro atoms. The van der Waals surface area contributed by atoms with Crippen molar-refractivity contribution in [1.29, 1.82) is 0 Å². The molecule has 0 aliphatic rings. The van der Waals surface area contributed by atoms with E-state index in [-0.39, 0.29) is 4.58 Å². The number of thioether (sulfide) groups is 2. The molecule has 0 fully saturated rings. The fraction of sp³-hybridized carbons (Fsp3) is 0.529. The first kappa shape index (κ1) is 20.7. The van der Waals surface area contributed by atoms with E-state index in [1.807, 2.05) is 6.07 Å². The van der Waals surface area contributed by atoms with Gasteiger partial charge in [-0.05, 0) is 33.3 Å². The van der Waals surface area contributed by atoms with Crippen molar-refractivity contribution in [3.05, 3.63) is 35.9 Å². The molecule has 0 bridgehead atoms. The van der Waals surface area contributed by atoms with Gasteiger partial charge in [-0.1, -0.05) is 78.3 Å².